The molecule has 0 saturated carbocycles. The maximum atomic E-state index is 4.67. The first-order valence-electron chi connectivity index (χ1n) is 8.05. The van der Waals surface area contributed by atoms with Crippen LogP contribution < -0.4 is 0 Å². The minimum absolute atomic E-state index is 0.703. The molecule has 0 radical (unpaired) electrons. The zero-order valence-electron chi connectivity index (χ0n) is 14.3. The molecule has 1 aromatic carbocycles. The first-order valence-corrected chi connectivity index (χ1v) is 9.92. The molecule has 26 heavy (non-hydrogen) atoms. The molecule has 130 valence electrons. The molecule has 8 heteroatoms. The number of benzene rings is 1. The van der Waals surface area contributed by atoms with E-state index in [1.54, 1.807) is 34.0 Å². The Kier molecular flexibility index (Phi) is 4.77. The number of hydrogen-bond acceptors (Lipinski definition) is 7. The number of pyridine rings is 1. The van der Waals surface area contributed by atoms with Crippen LogP contribution in [0.5, 0.6) is 0 Å². The molecule has 3 aromatic heterocycles. The summed E-state index contributed by atoms with van der Waals surface area (Å²) >= 11 is 3.17. The summed E-state index contributed by atoms with van der Waals surface area (Å²) in [6, 6.07) is 12.1. The molecule has 0 aliphatic heterocycles. The van der Waals surface area contributed by atoms with Gasteiger partial charge in [-0.1, -0.05) is 35.5 Å². The SMILES string of the molecule is Cc1ccc(-n2nnnc2SCc2csc(-c3ccccn3)n2)c(C)c1. The first kappa shape index (κ1) is 16.9. The van der Waals surface area contributed by atoms with Crippen molar-refractivity contribution in [2.24, 2.45) is 0 Å². The molecule has 0 fully saturated rings. The summed E-state index contributed by atoms with van der Waals surface area (Å²) in [6.45, 7) is 4.14. The predicted octanol–water partition coefficient (Wildman–Crippen LogP) is 4.09. The number of thiazole rings is 1. The van der Waals surface area contributed by atoms with E-state index in [9.17, 15) is 0 Å². The molecule has 6 nitrogen and oxygen atoms in total. The molecular weight excluding hydrogens is 364 g/mol. The van der Waals surface area contributed by atoms with Crippen LogP contribution in [-0.4, -0.2) is 30.2 Å². The zero-order valence-corrected chi connectivity index (χ0v) is 16.0. The highest BCUT2D eigenvalue weighted by molar-refractivity contribution is 7.98. The molecule has 3 heterocycles. The van der Waals surface area contributed by atoms with Crippen LogP contribution in [0.15, 0.2) is 53.1 Å². The number of nitrogens with zero attached hydrogens (tertiary/aromatic N) is 6. The Labute approximate surface area is 159 Å². The van der Waals surface area contributed by atoms with Crippen LogP contribution in [-0.2, 0) is 5.75 Å². The van der Waals surface area contributed by atoms with Gasteiger partial charge in [-0.2, -0.15) is 4.68 Å². The Morgan fingerprint density at radius 2 is 2.08 bits per heavy atom. The zero-order chi connectivity index (χ0) is 17.9. The molecule has 0 spiro atoms. The van der Waals surface area contributed by atoms with E-state index in [-0.39, 0.29) is 0 Å². The van der Waals surface area contributed by atoms with Gasteiger partial charge in [0.15, 0.2) is 0 Å². The molecule has 0 N–H and O–H groups in total. The monoisotopic (exact) mass is 380 g/mol. The Morgan fingerprint density at radius 1 is 1.15 bits per heavy atom. The van der Waals surface area contributed by atoms with Crippen LogP contribution in [0.1, 0.15) is 16.8 Å². The van der Waals surface area contributed by atoms with Gasteiger partial charge in [0, 0.05) is 17.3 Å². The highest BCUT2D eigenvalue weighted by Gasteiger charge is 2.13. The second kappa shape index (κ2) is 7.35. The fraction of sp³-hybridized carbons (Fsp3) is 0.167. The lowest BCUT2D eigenvalue weighted by molar-refractivity contribution is 0.751. The molecule has 4 rings (SSSR count). The van der Waals surface area contributed by atoms with Crippen LogP contribution in [0.2, 0.25) is 0 Å². The van der Waals surface area contributed by atoms with Crippen LogP contribution in [0.25, 0.3) is 16.4 Å². The van der Waals surface area contributed by atoms with Crippen LogP contribution >= 0.6 is 23.1 Å². The predicted molar refractivity (Wildman–Crippen MR) is 104 cm³/mol. The van der Waals surface area contributed by atoms with E-state index in [2.05, 4.69) is 56.9 Å². The fourth-order valence-corrected chi connectivity index (χ4v) is 4.26. The summed E-state index contributed by atoms with van der Waals surface area (Å²) in [5, 5.41) is 15.9. The number of aromatic nitrogens is 6. The average Bonchev–Trinajstić information content (AvgIpc) is 3.30. The Balaban J connectivity index is 1.51. The summed E-state index contributed by atoms with van der Waals surface area (Å²) in [4.78, 5) is 9.02. The summed E-state index contributed by atoms with van der Waals surface area (Å²) in [5.74, 6) is 0.703. The number of aryl methyl sites for hydroxylation is 2. The van der Waals surface area contributed by atoms with E-state index in [4.69, 9.17) is 0 Å². The molecule has 0 aliphatic carbocycles. The highest BCUT2D eigenvalue weighted by Crippen LogP contribution is 2.27. The van der Waals surface area contributed by atoms with Gasteiger partial charge in [0.2, 0.25) is 5.16 Å². The number of hydrogen-bond donors (Lipinski definition) is 0. The lowest BCUT2D eigenvalue weighted by Crippen LogP contribution is -2.02. The molecule has 0 aliphatic rings. The molecule has 0 unspecified atom stereocenters. The van der Waals surface area contributed by atoms with E-state index in [0.29, 0.717) is 5.75 Å². The fourth-order valence-electron chi connectivity index (χ4n) is 2.58. The molecule has 4 aromatic rings. The molecule has 0 atom stereocenters. The van der Waals surface area contributed by atoms with Gasteiger partial charge in [0.25, 0.3) is 0 Å². The van der Waals surface area contributed by atoms with E-state index < -0.39 is 0 Å². The summed E-state index contributed by atoms with van der Waals surface area (Å²) in [7, 11) is 0. The van der Waals surface area contributed by atoms with Gasteiger partial charge in [-0.3, -0.25) is 4.98 Å². The molecule has 0 saturated heterocycles. The van der Waals surface area contributed by atoms with Crippen molar-refractivity contribution in [2.75, 3.05) is 0 Å². The van der Waals surface area contributed by atoms with Crippen molar-refractivity contribution < 1.29 is 0 Å². The minimum atomic E-state index is 0.703. The third-order valence-electron chi connectivity index (χ3n) is 3.81. The second-order valence-corrected chi connectivity index (χ2v) is 7.61. The first-order chi connectivity index (χ1) is 12.7. The Morgan fingerprint density at radius 3 is 2.88 bits per heavy atom. The maximum Gasteiger partial charge on any atom is 0.214 e. The van der Waals surface area contributed by atoms with Gasteiger partial charge in [-0.05, 0) is 48.0 Å². The van der Waals surface area contributed by atoms with Gasteiger partial charge in [0.1, 0.15) is 5.01 Å². The number of rotatable bonds is 5. The number of tetrazole rings is 1. The molecular formula is C18H16N6S2. The lowest BCUT2D eigenvalue weighted by atomic mass is 10.1. The van der Waals surface area contributed by atoms with Crippen molar-refractivity contribution in [3.8, 4) is 16.4 Å². The quantitative estimate of drug-likeness (QED) is 0.486. The molecule has 0 amide bonds. The second-order valence-electron chi connectivity index (χ2n) is 5.81. The van der Waals surface area contributed by atoms with Crippen molar-refractivity contribution in [1.82, 2.24) is 30.2 Å². The van der Waals surface area contributed by atoms with Crippen molar-refractivity contribution in [3.63, 3.8) is 0 Å². The third kappa shape index (κ3) is 3.51. The Hall–Kier alpha value is -2.58. The number of thioether (sulfide) groups is 1. The normalized spacial score (nSPS) is 11.0. The van der Waals surface area contributed by atoms with Crippen molar-refractivity contribution >= 4 is 23.1 Å². The summed E-state index contributed by atoms with van der Waals surface area (Å²) < 4.78 is 1.78. The largest absolute Gasteiger partial charge is 0.254 e. The highest BCUT2D eigenvalue weighted by atomic mass is 32.2. The standard InChI is InChI=1S/C18H16N6S2/c1-12-6-7-16(13(2)9-12)24-18(21-22-23-24)26-11-14-10-25-17(20-14)15-5-3-4-8-19-15/h3-10H,11H2,1-2H3. The van der Waals surface area contributed by atoms with Gasteiger partial charge < -0.3 is 0 Å². The van der Waals surface area contributed by atoms with Gasteiger partial charge in [-0.15, -0.1) is 16.4 Å². The topological polar surface area (TPSA) is 69.4 Å². The maximum absolute atomic E-state index is 4.67. The van der Waals surface area contributed by atoms with Gasteiger partial charge in [0.05, 0.1) is 17.1 Å². The van der Waals surface area contributed by atoms with E-state index >= 15 is 0 Å². The average molecular weight is 381 g/mol. The van der Waals surface area contributed by atoms with Crippen LogP contribution in [0, 0.1) is 13.8 Å². The van der Waals surface area contributed by atoms with Crippen molar-refractivity contribution in [2.45, 2.75) is 24.8 Å². The minimum Gasteiger partial charge on any atom is -0.254 e. The van der Waals surface area contributed by atoms with E-state index in [1.807, 2.05) is 24.3 Å². The summed E-state index contributed by atoms with van der Waals surface area (Å²) in [6.07, 6.45) is 1.78. The molecule has 0 bridgehead atoms. The third-order valence-corrected chi connectivity index (χ3v) is 5.67. The van der Waals surface area contributed by atoms with Crippen molar-refractivity contribution in [3.05, 3.63) is 64.8 Å². The lowest BCUT2D eigenvalue weighted by Gasteiger charge is -2.07. The smallest absolute Gasteiger partial charge is 0.214 e. The Bertz CT molecular complexity index is 1030. The van der Waals surface area contributed by atoms with Crippen LogP contribution in [0.3, 0.4) is 0 Å². The van der Waals surface area contributed by atoms with E-state index in [1.165, 1.54) is 5.56 Å². The van der Waals surface area contributed by atoms with Gasteiger partial charge >= 0.3 is 0 Å². The van der Waals surface area contributed by atoms with Crippen LogP contribution in [0.4, 0.5) is 0 Å². The van der Waals surface area contributed by atoms with E-state index in [0.717, 1.165) is 32.8 Å². The van der Waals surface area contributed by atoms with Gasteiger partial charge in [-0.25, -0.2) is 4.98 Å². The summed E-state index contributed by atoms with van der Waals surface area (Å²) in [5.41, 5.74) is 5.25. The van der Waals surface area contributed by atoms with Crippen molar-refractivity contribution in [1.29, 1.82) is 0 Å².